The van der Waals surface area contributed by atoms with Gasteiger partial charge in [0.05, 0.1) is 45.1 Å². The van der Waals surface area contributed by atoms with Crippen molar-refractivity contribution >= 4 is 23.0 Å². The number of carbonyl (C=O) groups excluding carboxylic acids is 1. The van der Waals surface area contributed by atoms with Crippen LogP contribution in [0.4, 0.5) is 21.5 Å². The van der Waals surface area contributed by atoms with Crippen molar-refractivity contribution in [3.63, 3.8) is 0 Å². The maximum atomic E-state index is 13.9. The number of carbonyl (C=O) groups is 1. The third-order valence-electron chi connectivity index (χ3n) is 4.48. The Morgan fingerprint density at radius 2 is 1.70 bits per heavy atom. The highest BCUT2D eigenvalue weighted by Gasteiger charge is 2.22. The molecule has 0 atom stereocenters. The molecule has 10 nitrogen and oxygen atoms in total. The number of nitrogens with one attached hydrogen (secondary N) is 1. The first-order valence-corrected chi connectivity index (χ1v) is 8.70. The standard InChI is InChI=1S/C19H16FN5O5/c1-11-18(12(2)23(22-11)10-13-5-3-4-6-17(13)20)21-19(26)14-7-15(24(27)28)9-16(8-14)25(29)30/h3-9H,10H2,1-2H3,(H,21,26). The molecule has 0 saturated heterocycles. The van der Waals surface area contributed by atoms with E-state index in [4.69, 9.17) is 0 Å². The van der Waals surface area contributed by atoms with Gasteiger partial charge in [0, 0.05) is 17.7 Å². The molecule has 1 heterocycles. The van der Waals surface area contributed by atoms with Gasteiger partial charge in [-0.3, -0.25) is 29.7 Å². The van der Waals surface area contributed by atoms with Crippen LogP contribution in [0, 0.1) is 39.9 Å². The zero-order valence-corrected chi connectivity index (χ0v) is 16.0. The molecule has 0 aliphatic rings. The number of amides is 1. The van der Waals surface area contributed by atoms with Crippen LogP contribution in [0.3, 0.4) is 0 Å². The average molecular weight is 413 g/mol. The normalized spacial score (nSPS) is 10.6. The molecule has 0 saturated carbocycles. The molecule has 3 aromatic rings. The number of halogens is 1. The Bertz CT molecular complexity index is 1140. The zero-order chi connectivity index (χ0) is 22.0. The number of aryl methyl sites for hydroxylation is 1. The lowest BCUT2D eigenvalue weighted by molar-refractivity contribution is -0.394. The molecule has 0 fully saturated rings. The van der Waals surface area contributed by atoms with Crippen molar-refractivity contribution in [2.24, 2.45) is 0 Å². The molecular formula is C19H16FN5O5. The van der Waals surface area contributed by atoms with Gasteiger partial charge in [0.1, 0.15) is 5.82 Å². The molecule has 11 heteroatoms. The quantitative estimate of drug-likeness (QED) is 0.483. The monoisotopic (exact) mass is 413 g/mol. The maximum absolute atomic E-state index is 13.9. The van der Waals surface area contributed by atoms with Crippen molar-refractivity contribution < 1.29 is 19.0 Å². The summed E-state index contributed by atoms with van der Waals surface area (Å²) in [4.78, 5) is 33.1. The fourth-order valence-electron chi connectivity index (χ4n) is 2.94. The van der Waals surface area contributed by atoms with Crippen LogP contribution in [0.15, 0.2) is 42.5 Å². The highest BCUT2D eigenvalue weighted by Crippen LogP contribution is 2.25. The molecule has 0 unspecified atom stereocenters. The van der Waals surface area contributed by atoms with Crippen LogP contribution in [0.5, 0.6) is 0 Å². The largest absolute Gasteiger partial charge is 0.319 e. The first-order chi connectivity index (χ1) is 14.2. The molecule has 0 aliphatic carbocycles. The van der Waals surface area contributed by atoms with E-state index >= 15 is 0 Å². The Balaban J connectivity index is 1.91. The van der Waals surface area contributed by atoms with Crippen molar-refractivity contribution in [2.45, 2.75) is 20.4 Å². The molecule has 0 spiro atoms. The van der Waals surface area contributed by atoms with Gasteiger partial charge in [-0.25, -0.2) is 4.39 Å². The second-order valence-corrected chi connectivity index (χ2v) is 6.50. The molecule has 0 aliphatic heterocycles. The third-order valence-corrected chi connectivity index (χ3v) is 4.48. The van der Waals surface area contributed by atoms with E-state index in [1.54, 1.807) is 32.0 Å². The van der Waals surface area contributed by atoms with Crippen molar-refractivity contribution in [3.05, 3.63) is 91.0 Å². The Labute approximate surface area is 169 Å². The number of nitrogens with zero attached hydrogens (tertiary/aromatic N) is 4. The predicted molar refractivity (Wildman–Crippen MR) is 105 cm³/mol. The van der Waals surface area contributed by atoms with Crippen LogP contribution >= 0.6 is 0 Å². The van der Waals surface area contributed by atoms with Crippen molar-refractivity contribution in [3.8, 4) is 0 Å². The van der Waals surface area contributed by atoms with Gasteiger partial charge >= 0.3 is 0 Å². The minimum absolute atomic E-state index is 0.136. The van der Waals surface area contributed by atoms with Gasteiger partial charge in [-0.2, -0.15) is 5.10 Å². The topological polar surface area (TPSA) is 133 Å². The van der Waals surface area contributed by atoms with E-state index in [1.807, 2.05) is 0 Å². The first-order valence-electron chi connectivity index (χ1n) is 8.70. The Hall–Kier alpha value is -4.15. The summed E-state index contributed by atoms with van der Waals surface area (Å²) in [5.41, 5.74) is 0.342. The van der Waals surface area contributed by atoms with E-state index in [1.165, 1.54) is 10.7 Å². The molecule has 1 N–H and O–H groups in total. The molecule has 2 aromatic carbocycles. The fourth-order valence-corrected chi connectivity index (χ4v) is 2.94. The van der Waals surface area contributed by atoms with Gasteiger partial charge < -0.3 is 5.32 Å². The Kier molecular flexibility index (Phi) is 5.54. The fraction of sp³-hybridized carbons (Fsp3) is 0.158. The minimum Gasteiger partial charge on any atom is -0.319 e. The summed E-state index contributed by atoms with van der Waals surface area (Å²) in [6.07, 6.45) is 0. The SMILES string of the molecule is Cc1nn(Cc2ccccc2F)c(C)c1NC(=O)c1cc([N+](=O)[O-])cc([N+](=O)[O-])c1. The molecule has 3 rings (SSSR count). The molecule has 0 radical (unpaired) electrons. The number of rotatable bonds is 6. The summed E-state index contributed by atoms with van der Waals surface area (Å²) in [6, 6.07) is 8.91. The van der Waals surface area contributed by atoms with Crippen LogP contribution in [0.1, 0.15) is 27.3 Å². The van der Waals surface area contributed by atoms with Crippen LogP contribution in [0.2, 0.25) is 0 Å². The van der Waals surface area contributed by atoms with E-state index in [0.29, 0.717) is 22.6 Å². The number of hydrogen-bond acceptors (Lipinski definition) is 6. The number of benzene rings is 2. The number of non-ortho nitro benzene ring substituents is 2. The van der Waals surface area contributed by atoms with Crippen molar-refractivity contribution in [1.29, 1.82) is 0 Å². The highest BCUT2D eigenvalue weighted by atomic mass is 19.1. The Morgan fingerprint density at radius 3 is 2.27 bits per heavy atom. The highest BCUT2D eigenvalue weighted by molar-refractivity contribution is 6.05. The average Bonchev–Trinajstić information content (AvgIpc) is 2.96. The Morgan fingerprint density at radius 1 is 1.10 bits per heavy atom. The van der Waals surface area contributed by atoms with Gasteiger partial charge in [0.15, 0.2) is 0 Å². The van der Waals surface area contributed by atoms with Crippen LogP contribution < -0.4 is 5.32 Å². The first kappa shape index (κ1) is 20.6. The number of nitro benzene ring substituents is 2. The smallest absolute Gasteiger partial charge is 0.277 e. The molecule has 1 amide bonds. The van der Waals surface area contributed by atoms with Crippen LogP contribution in [-0.2, 0) is 6.54 Å². The maximum Gasteiger partial charge on any atom is 0.277 e. The minimum atomic E-state index is -0.813. The predicted octanol–water partition coefficient (Wildman–Crippen LogP) is 3.76. The number of nitro groups is 2. The lowest BCUT2D eigenvalue weighted by Gasteiger charge is -2.08. The summed E-state index contributed by atoms with van der Waals surface area (Å²) in [7, 11) is 0. The molecule has 1 aromatic heterocycles. The van der Waals surface area contributed by atoms with Gasteiger partial charge in [0.25, 0.3) is 17.3 Å². The molecule has 154 valence electrons. The number of hydrogen-bond donors (Lipinski definition) is 1. The van der Waals surface area contributed by atoms with E-state index in [0.717, 1.165) is 18.2 Å². The van der Waals surface area contributed by atoms with Crippen molar-refractivity contribution in [1.82, 2.24) is 9.78 Å². The van der Waals surface area contributed by atoms with Crippen molar-refractivity contribution in [2.75, 3.05) is 5.32 Å². The molecule has 0 bridgehead atoms. The number of aromatic nitrogens is 2. The summed E-state index contributed by atoms with van der Waals surface area (Å²) < 4.78 is 15.4. The van der Waals surface area contributed by atoms with Gasteiger partial charge in [-0.05, 0) is 19.9 Å². The second-order valence-electron chi connectivity index (χ2n) is 6.50. The number of anilines is 1. The second kappa shape index (κ2) is 8.07. The van der Waals surface area contributed by atoms with E-state index in [2.05, 4.69) is 10.4 Å². The van der Waals surface area contributed by atoms with E-state index in [-0.39, 0.29) is 17.9 Å². The third kappa shape index (κ3) is 4.14. The summed E-state index contributed by atoms with van der Waals surface area (Å²) >= 11 is 0. The summed E-state index contributed by atoms with van der Waals surface area (Å²) in [6.45, 7) is 3.44. The van der Waals surface area contributed by atoms with Gasteiger partial charge in [-0.15, -0.1) is 0 Å². The summed E-state index contributed by atoms with van der Waals surface area (Å²) in [5, 5.41) is 28.9. The molecular weight excluding hydrogens is 397 g/mol. The van der Waals surface area contributed by atoms with E-state index in [9.17, 15) is 29.4 Å². The lowest BCUT2D eigenvalue weighted by atomic mass is 10.1. The summed E-state index contributed by atoms with van der Waals surface area (Å²) in [5.74, 6) is -1.15. The zero-order valence-electron chi connectivity index (χ0n) is 16.0. The van der Waals surface area contributed by atoms with Gasteiger partial charge in [-0.1, -0.05) is 18.2 Å². The molecule has 30 heavy (non-hydrogen) atoms. The van der Waals surface area contributed by atoms with Gasteiger partial charge in [0.2, 0.25) is 0 Å². The lowest BCUT2D eigenvalue weighted by Crippen LogP contribution is -2.14. The van der Waals surface area contributed by atoms with Crippen LogP contribution in [0.25, 0.3) is 0 Å². The van der Waals surface area contributed by atoms with E-state index < -0.39 is 27.1 Å². The van der Waals surface area contributed by atoms with Crippen LogP contribution in [-0.4, -0.2) is 25.5 Å².